The van der Waals surface area contributed by atoms with Crippen LogP contribution in [0.3, 0.4) is 0 Å². The second kappa shape index (κ2) is 9.29. The number of aromatic nitrogens is 3. The van der Waals surface area contributed by atoms with Crippen LogP contribution >= 0.6 is 24.0 Å². The summed E-state index contributed by atoms with van der Waals surface area (Å²) in [5, 5.41) is 6.76. The first-order valence-electron chi connectivity index (χ1n) is 10.9. The van der Waals surface area contributed by atoms with Gasteiger partial charge in [0.1, 0.15) is 5.82 Å². The van der Waals surface area contributed by atoms with Crippen molar-refractivity contribution < 1.29 is 9.18 Å². The molecule has 5 rings (SSSR count). The topological polar surface area (TPSA) is 51.0 Å². The summed E-state index contributed by atoms with van der Waals surface area (Å²) < 4.78 is 16.6. The van der Waals surface area contributed by atoms with E-state index in [1.807, 2.05) is 33.9 Å². The van der Waals surface area contributed by atoms with Crippen molar-refractivity contribution in [2.75, 3.05) is 13.1 Å². The third-order valence-electron chi connectivity index (χ3n) is 6.12. The monoisotopic (exact) mass is 468 g/mol. The first kappa shape index (κ1) is 21.6. The molecule has 2 aliphatic rings. The first-order valence-corrected chi connectivity index (χ1v) is 12.4. The molecule has 3 aromatic rings. The number of thiazole rings is 1. The van der Waals surface area contributed by atoms with Gasteiger partial charge in [-0.2, -0.15) is 17.7 Å². The zero-order valence-corrected chi connectivity index (χ0v) is 19.3. The maximum Gasteiger partial charge on any atom is 0.157 e. The van der Waals surface area contributed by atoms with Crippen LogP contribution in [0.1, 0.15) is 42.3 Å². The zero-order chi connectivity index (χ0) is 22.1. The lowest BCUT2D eigenvalue weighted by Crippen LogP contribution is -2.42. The van der Waals surface area contributed by atoms with Crippen LogP contribution in [0, 0.1) is 11.7 Å². The van der Waals surface area contributed by atoms with E-state index in [1.165, 1.54) is 6.07 Å². The van der Waals surface area contributed by atoms with Gasteiger partial charge in [-0.15, -0.1) is 11.3 Å². The fraction of sp³-hybridized carbons (Fsp3) is 0.375. The Balaban J connectivity index is 1.38. The highest BCUT2D eigenvalue weighted by Crippen LogP contribution is 2.39. The molecule has 0 N–H and O–H groups in total. The lowest BCUT2D eigenvalue weighted by Gasteiger charge is -2.37. The summed E-state index contributed by atoms with van der Waals surface area (Å²) in [6, 6.07) is 8.10. The molecule has 0 bridgehead atoms. The minimum atomic E-state index is -0.546. The van der Waals surface area contributed by atoms with Crippen LogP contribution in [0.4, 0.5) is 4.39 Å². The Labute approximate surface area is 196 Å². The number of benzene rings is 1. The fourth-order valence-electron chi connectivity index (χ4n) is 4.29. The molecule has 1 aromatic carbocycles. The number of nitrogens with zero attached hydrogens (tertiary/aromatic N) is 4. The van der Waals surface area contributed by atoms with Crippen molar-refractivity contribution >= 4 is 35.8 Å². The van der Waals surface area contributed by atoms with Crippen LogP contribution < -0.4 is 0 Å². The molecule has 2 aromatic heterocycles. The number of carbonyl (C=O) groups is 1. The molecule has 0 amide bonds. The quantitative estimate of drug-likeness (QED) is 0.514. The molecule has 1 aliphatic carbocycles. The maximum atomic E-state index is 14.7. The van der Waals surface area contributed by atoms with Crippen molar-refractivity contribution in [2.45, 2.75) is 37.1 Å². The van der Waals surface area contributed by atoms with Gasteiger partial charge in [0.2, 0.25) is 0 Å². The van der Waals surface area contributed by atoms with E-state index < -0.39 is 6.04 Å². The Hall–Kier alpha value is -2.29. The van der Waals surface area contributed by atoms with Crippen LogP contribution in [0.15, 0.2) is 53.0 Å². The van der Waals surface area contributed by atoms with E-state index in [-0.39, 0.29) is 22.8 Å². The molecular weight excluding hydrogens is 443 g/mol. The highest BCUT2D eigenvalue weighted by molar-refractivity contribution is 7.81. The first-order chi connectivity index (χ1) is 15.6. The van der Waals surface area contributed by atoms with Gasteiger partial charge in [0.15, 0.2) is 5.78 Å². The fourth-order valence-corrected chi connectivity index (χ4v) is 5.11. The molecule has 32 heavy (non-hydrogen) atoms. The average Bonchev–Trinajstić information content (AvgIpc) is 3.35. The number of thiol groups is 1. The van der Waals surface area contributed by atoms with Gasteiger partial charge in [-0.3, -0.25) is 14.4 Å². The summed E-state index contributed by atoms with van der Waals surface area (Å²) in [5.74, 6) is -0.118. The summed E-state index contributed by atoms with van der Waals surface area (Å²) in [5.41, 5.74) is 5.24. The number of piperidine rings is 1. The van der Waals surface area contributed by atoms with E-state index in [1.54, 1.807) is 23.5 Å². The van der Waals surface area contributed by atoms with Crippen molar-refractivity contribution in [3.8, 4) is 0 Å². The second-order valence-corrected chi connectivity index (χ2v) is 9.85. The van der Waals surface area contributed by atoms with Gasteiger partial charge >= 0.3 is 0 Å². The van der Waals surface area contributed by atoms with E-state index in [0.29, 0.717) is 25.2 Å². The van der Waals surface area contributed by atoms with E-state index >= 15 is 0 Å². The Morgan fingerprint density at radius 2 is 2.12 bits per heavy atom. The van der Waals surface area contributed by atoms with Crippen molar-refractivity contribution in [3.05, 3.63) is 75.8 Å². The predicted octanol–water partition coefficient (Wildman–Crippen LogP) is 4.63. The standard InChI is InChI=1S/C24H25FN4OS2/c25-21-4-2-1-3-20(21)23(24(30)16-5-6-16)28-9-8-22(31)17(12-28)11-18-7-10-29(27-18)13-19-14-32-15-26-19/h1-4,7,10-11,14-16,22-23,31H,5-6,8-9,12-13H2/b17-11+. The molecular formula is C24H25FN4OS2. The molecule has 1 saturated carbocycles. The number of ketones is 1. The highest BCUT2D eigenvalue weighted by atomic mass is 32.1. The van der Waals surface area contributed by atoms with Gasteiger partial charge in [0.05, 0.1) is 29.5 Å². The van der Waals surface area contributed by atoms with E-state index in [0.717, 1.165) is 36.2 Å². The van der Waals surface area contributed by atoms with Gasteiger partial charge in [0, 0.05) is 41.4 Å². The van der Waals surface area contributed by atoms with Gasteiger partial charge in [-0.1, -0.05) is 18.2 Å². The minimum absolute atomic E-state index is 0.0576. The van der Waals surface area contributed by atoms with Crippen molar-refractivity contribution in [3.63, 3.8) is 0 Å². The van der Waals surface area contributed by atoms with E-state index in [2.05, 4.69) is 21.1 Å². The van der Waals surface area contributed by atoms with Crippen LogP contribution in [-0.4, -0.2) is 43.8 Å². The molecule has 1 aliphatic heterocycles. The molecule has 2 atom stereocenters. The Morgan fingerprint density at radius 1 is 1.28 bits per heavy atom. The maximum absolute atomic E-state index is 14.7. The van der Waals surface area contributed by atoms with Gasteiger partial charge in [-0.05, 0) is 43.0 Å². The number of rotatable bonds is 7. The molecule has 0 radical (unpaired) electrons. The number of hydrogen-bond donors (Lipinski definition) is 1. The normalized spacial score (nSPS) is 21.7. The molecule has 2 fully saturated rings. The number of hydrogen-bond acceptors (Lipinski definition) is 6. The van der Waals surface area contributed by atoms with E-state index in [9.17, 15) is 9.18 Å². The summed E-state index contributed by atoms with van der Waals surface area (Å²) >= 11 is 6.36. The lowest BCUT2D eigenvalue weighted by molar-refractivity contribution is -0.126. The third-order valence-corrected chi connectivity index (χ3v) is 7.34. The highest BCUT2D eigenvalue weighted by Gasteiger charge is 2.40. The molecule has 3 heterocycles. The Kier molecular flexibility index (Phi) is 6.26. The largest absolute Gasteiger partial charge is 0.297 e. The van der Waals surface area contributed by atoms with Crippen LogP contribution in [0.2, 0.25) is 0 Å². The summed E-state index contributed by atoms with van der Waals surface area (Å²) in [6.45, 7) is 1.92. The van der Waals surface area contributed by atoms with Gasteiger partial charge in [-0.25, -0.2) is 9.37 Å². The van der Waals surface area contributed by atoms with Crippen molar-refractivity contribution in [1.29, 1.82) is 0 Å². The number of Topliss-reactive ketones (excluding diaryl/α,β-unsaturated/α-hetero) is 1. The lowest BCUT2D eigenvalue weighted by atomic mass is 9.93. The van der Waals surface area contributed by atoms with Gasteiger partial charge in [0.25, 0.3) is 0 Å². The molecule has 8 heteroatoms. The Morgan fingerprint density at radius 3 is 2.88 bits per heavy atom. The average molecular weight is 469 g/mol. The number of likely N-dealkylation sites (tertiary alicyclic amines) is 1. The van der Waals surface area contributed by atoms with Crippen LogP contribution in [0.5, 0.6) is 0 Å². The molecule has 5 nitrogen and oxygen atoms in total. The summed E-state index contributed by atoms with van der Waals surface area (Å²) in [4.78, 5) is 19.6. The summed E-state index contributed by atoms with van der Waals surface area (Å²) in [7, 11) is 0. The van der Waals surface area contributed by atoms with Crippen LogP contribution in [0.25, 0.3) is 6.08 Å². The predicted molar refractivity (Wildman–Crippen MR) is 127 cm³/mol. The molecule has 166 valence electrons. The Bertz CT molecular complexity index is 1120. The third kappa shape index (κ3) is 4.72. The molecule has 0 spiro atoms. The smallest absolute Gasteiger partial charge is 0.157 e. The number of carbonyl (C=O) groups excluding carboxylic acids is 1. The zero-order valence-electron chi connectivity index (χ0n) is 17.6. The van der Waals surface area contributed by atoms with E-state index in [4.69, 9.17) is 12.6 Å². The molecule has 2 unspecified atom stereocenters. The molecule has 1 saturated heterocycles. The summed E-state index contributed by atoms with van der Waals surface area (Å²) in [6.07, 6.45) is 6.62. The minimum Gasteiger partial charge on any atom is -0.297 e. The van der Waals surface area contributed by atoms with Crippen LogP contribution in [-0.2, 0) is 11.3 Å². The SMILES string of the molecule is O=C(C1CC1)C(c1ccccc1F)N1CCC(S)/C(=C/c2ccn(Cc3cscn3)n2)C1. The second-order valence-electron chi connectivity index (χ2n) is 8.51. The van der Waals surface area contributed by atoms with Crippen molar-refractivity contribution in [2.24, 2.45) is 5.92 Å². The number of halogens is 1. The van der Waals surface area contributed by atoms with Crippen molar-refractivity contribution in [1.82, 2.24) is 19.7 Å². The van der Waals surface area contributed by atoms with Gasteiger partial charge < -0.3 is 0 Å².